The van der Waals surface area contributed by atoms with Crippen molar-refractivity contribution in [2.24, 2.45) is 11.8 Å². The largest absolute Gasteiger partial charge is 0.461 e. The zero-order valence-electron chi connectivity index (χ0n) is 15.1. The molecule has 0 aliphatic carbocycles. The number of ether oxygens (including phenoxy) is 2. The van der Waals surface area contributed by atoms with E-state index in [1.807, 2.05) is 51.1 Å². The van der Waals surface area contributed by atoms with Crippen LogP contribution in [0.4, 0.5) is 4.79 Å². The second kappa shape index (κ2) is 8.34. The van der Waals surface area contributed by atoms with Gasteiger partial charge in [0.25, 0.3) is 0 Å². The van der Waals surface area contributed by atoms with Crippen molar-refractivity contribution in [2.45, 2.75) is 39.4 Å². The Bertz CT molecular complexity index is 581. The molecule has 138 valence electrons. The minimum absolute atomic E-state index is 0.176. The van der Waals surface area contributed by atoms with E-state index in [1.165, 1.54) is 0 Å². The lowest BCUT2D eigenvalue weighted by atomic mass is 9.86. The Morgan fingerprint density at radius 1 is 1.24 bits per heavy atom. The number of likely N-dealkylation sites (tertiary alicyclic amines) is 1. The van der Waals surface area contributed by atoms with Crippen molar-refractivity contribution in [2.75, 3.05) is 19.7 Å². The van der Waals surface area contributed by atoms with Crippen LogP contribution in [0.15, 0.2) is 30.3 Å². The Hall–Kier alpha value is -2.08. The Labute approximate surface area is 148 Å². The first kappa shape index (κ1) is 19.2. The van der Waals surface area contributed by atoms with Crippen molar-refractivity contribution in [3.05, 3.63) is 35.9 Å². The second-order valence-corrected chi connectivity index (χ2v) is 7.36. The molecule has 1 aliphatic rings. The van der Waals surface area contributed by atoms with Gasteiger partial charge in [0.15, 0.2) is 0 Å². The highest BCUT2D eigenvalue weighted by Gasteiger charge is 2.37. The molecule has 0 aromatic heterocycles. The van der Waals surface area contributed by atoms with E-state index in [9.17, 15) is 14.7 Å². The van der Waals surface area contributed by atoms with Gasteiger partial charge in [0, 0.05) is 25.6 Å². The number of aliphatic hydroxyl groups excluding tert-OH is 1. The third kappa shape index (κ3) is 5.74. The molecule has 0 saturated carbocycles. The third-order valence-corrected chi connectivity index (χ3v) is 4.15. The van der Waals surface area contributed by atoms with Crippen molar-refractivity contribution in [1.29, 1.82) is 0 Å². The maximum absolute atomic E-state index is 12.4. The predicted molar refractivity (Wildman–Crippen MR) is 92.7 cm³/mol. The van der Waals surface area contributed by atoms with Crippen LogP contribution in [0.2, 0.25) is 0 Å². The number of piperidine rings is 1. The summed E-state index contributed by atoms with van der Waals surface area (Å²) in [6.07, 6.45) is 0.0417. The van der Waals surface area contributed by atoms with E-state index in [0.29, 0.717) is 13.0 Å². The summed E-state index contributed by atoms with van der Waals surface area (Å²) in [5.41, 5.74) is 0.347. The topological polar surface area (TPSA) is 76.1 Å². The molecule has 6 heteroatoms. The summed E-state index contributed by atoms with van der Waals surface area (Å²) in [6, 6.07) is 9.46. The zero-order chi connectivity index (χ0) is 18.4. The van der Waals surface area contributed by atoms with Crippen LogP contribution in [-0.4, -0.2) is 47.4 Å². The average molecular weight is 349 g/mol. The molecule has 1 heterocycles. The molecule has 1 amide bonds. The quantitative estimate of drug-likeness (QED) is 0.846. The zero-order valence-corrected chi connectivity index (χ0v) is 15.1. The molecule has 2 unspecified atom stereocenters. The van der Waals surface area contributed by atoms with Crippen molar-refractivity contribution in [3.8, 4) is 0 Å². The number of hydrogen-bond acceptors (Lipinski definition) is 5. The number of rotatable bonds is 4. The first-order valence-corrected chi connectivity index (χ1v) is 8.59. The summed E-state index contributed by atoms with van der Waals surface area (Å²) in [6.45, 7) is 6.16. The van der Waals surface area contributed by atoms with E-state index in [0.717, 1.165) is 5.56 Å². The van der Waals surface area contributed by atoms with Crippen LogP contribution >= 0.6 is 0 Å². The molecule has 0 spiro atoms. The van der Waals surface area contributed by atoms with Gasteiger partial charge in [-0.25, -0.2) is 4.79 Å². The van der Waals surface area contributed by atoms with E-state index < -0.39 is 17.6 Å². The summed E-state index contributed by atoms with van der Waals surface area (Å²) in [5, 5.41) is 9.64. The van der Waals surface area contributed by atoms with E-state index in [2.05, 4.69) is 0 Å². The first-order chi connectivity index (χ1) is 11.8. The summed E-state index contributed by atoms with van der Waals surface area (Å²) in [5.74, 6) is -1.08. The van der Waals surface area contributed by atoms with E-state index in [4.69, 9.17) is 9.47 Å². The maximum Gasteiger partial charge on any atom is 0.410 e. The number of benzene rings is 1. The average Bonchev–Trinajstić information content (AvgIpc) is 2.58. The molecule has 2 atom stereocenters. The number of aliphatic hydroxyl groups is 1. The van der Waals surface area contributed by atoms with Gasteiger partial charge in [-0.15, -0.1) is 0 Å². The number of hydrogen-bond donors (Lipinski definition) is 1. The van der Waals surface area contributed by atoms with Gasteiger partial charge >= 0.3 is 12.1 Å². The van der Waals surface area contributed by atoms with Crippen molar-refractivity contribution >= 4 is 12.1 Å². The van der Waals surface area contributed by atoms with Crippen LogP contribution in [-0.2, 0) is 20.9 Å². The number of carbonyl (C=O) groups is 2. The molecule has 1 N–H and O–H groups in total. The first-order valence-electron chi connectivity index (χ1n) is 8.59. The van der Waals surface area contributed by atoms with Crippen LogP contribution in [0.5, 0.6) is 0 Å². The molecule has 0 radical (unpaired) electrons. The lowest BCUT2D eigenvalue weighted by Crippen LogP contribution is -2.48. The van der Waals surface area contributed by atoms with Crippen molar-refractivity contribution in [3.63, 3.8) is 0 Å². The Balaban J connectivity index is 1.90. The van der Waals surface area contributed by atoms with Crippen LogP contribution in [0.1, 0.15) is 32.8 Å². The minimum atomic E-state index is -0.572. The molecular weight excluding hydrogens is 322 g/mol. The highest BCUT2D eigenvalue weighted by atomic mass is 16.6. The smallest absolute Gasteiger partial charge is 0.410 e. The monoisotopic (exact) mass is 349 g/mol. The molecule has 0 bridgehead atoms. The molecule has 1 aromatic rings. The Morgan fingerprint density at radius 2 is 1.92 bits per heavy atom. The van der Waals surface area contributed by atoms with Gasteiger partial charge in [-0.05, 0) is 32.8 Å². The lowest BCUT2D eigenvalue weighted by molar-refractivity contribution is -0.155. The summed E-state index contributed by atoms with van der Waals surface area (Å²) in [7, 11) is 0. The van der Waals surface area contributed by atoms with Gasteiger partial charge in [-0.1, -0.05) is 30.3 Å². The number of nitrogens with zero attached hydrogens (tertiary/aromatic N) is 1. The molecule has 25 heavy (non-hydrogen) atoms. The fourth-order valence-corrected chi connectivity index (χ4v) is 2.86. The SMILES string of the molecule is CC(C)(C)OC(=O)N1CCC(C(=O)OCc2ccccc2)C(CO)C1. The van der Waals surface area contributed by atoms with E-state index in [1.54, 1.807) is 4.90 Å². The minimum Gasteiger partial charge on any atom is -0.461 e. The van der Waals surface area contributed by atoms with Crippen LogP contribution in [0.25, 0.3) is 0 Å². The predicted octanol–water partition coefficient (Wildman–Crippen LogP) is 2.60. The highest BCUT2D eigenvalue weighted by Crippen LogP contribution is 2.26. The van der Waals surface area contributed by atoms with Gasteiger partial charge < -0.3 is 19.5 Å². The summed E-state index contributed by atoms with van der Waals surface area (Å²) in [4.78, 5) is 26.1. The van der Waals surface area contributed by atoms with Crippen LogP contribution in [0, 0.1) is 11.8 Å². The molecule has 2 rings (SSSR count). The highest BCUT2D eigenvalue weighted by molar-refractivity contribution is 5.74. The lowest BCUT2D eigenvalue weighted by Gasteiger charge is -2.37. The second-order valence-electron chi connectivity index (χ2n) is 7.36. The molecule has 1 aromatic carbocycles. The molecule has 1 fully saturated rings. The fraction of sp³-hybridized carbons (Fsp3) is 0.579. The van der Waals surface area contributed by atoms with Gasteiger partial charge in [0.1, 0.15) is 12.2 Å². The van der Waals surface area contributed by atoms with Gasteiger partial charge in [0.05, 0.1) is 5.92 Å². The van der Waals surface area contributed by atoms with Crippen LogP contribution in [0.3, 0.4) is 0 Å². The fourth-order valence-electron chi connectivity index (χ4n) is 2.86. The van der Waals surface area contributed by atoms with E-state index in [-0.39, 0.29) is 31.6 Å². The number of esters is 1. The molecular formula is C19H27NO5. The van der Waals surface area contributed by atoms with Gasteiger partial charge in [-0.2, -0.15) is 0 Å². The standard InChI is InChI=1S/C19H27NO5/c1-19(2,3)25-18(23)20-10-9-16(15(11-20)12-21)17(22)24-13-14-7-5-4-6-8-14/h4-8,15-16,21H,9-13H2,1-3H3. The Morgan fingerprint density at radius 3 is 2.52 bits per heavy atom. The third-order valence-electron chi connectivity index (χ3n) is 4.15. The molecule has 6 nitrogen and oxygen atoms in total. The van der Waals surface area contributed by atoms with Gasteiger partial charge in [0.2, 0.25) is 0 Å². The van der Waals surface area contributed by atoms with Gasteiger partial charge in [-0.3, -0.25) is 4.79 Å². The molecule has 1 aliphatic heterocycles. The Kier molecular flexibility index (Phi) is 6.42. The number of carbonyl (C=O) groups excluding carboxylic acids is 2. The molecule has 1 saturated heterocycles. The van der Waals surface area contributed by atoms with Crippen LogP contribution < -0.4 is 0 Å². The normalized spacial score (nSPS) is 20.9. The van der Waals surface area contributed by atoms with Crippen molar-refractivity contribution in [1.82, 2.24) is 4.90 Å². The summed E-state index contributed by atoms with van der Waals surface area (Å²) >= 11 is 0. The maximum atomic E-state index is 12.4. The summed E-state index contributed by atoms with van der Waals surface area (Å²) < 4.78 is 10.8. The number of amides is 1. The van der Waals surface area contributed by atoms with Crippen molar-refractivity contribution < 1.29 is 24.2 Å². The van der Waals surface area contributed by atoms with E-state index >= 15 is 0 Å².